The Balaban J connectivity index is 1.71. The fourth-order valence-corrected chi connectivity index (χ4v) is 3.40. The summed E-state index contributed by atoms with van der Waals surface area (Å²) in [5.41, 5.74) is 1.39. The Morgan fingerprint density at radius 2 is 2.00 bits per heavy atom. The van der Waals surface area contributed by atoms with E-state index in [2.05, 4.69) is 24.4 Å². The van der Waals surface area contributed by atoms with Gasteiger partial charge in [-0.15, -0.1) is 0 Å². The van der Waals surface area contributed by atoms with Gasteiger partial charge in [-0.3, -0.25) is 4.21 Å². The summed E-state index contributed by atoms with van der Waals surface area (Å²) in [4.78, 5) is 0. The summed E-state index contributed by atoms with van der Waals surface area (Å²) >= 11 is 5.90. The first-order chi connectivity index (χ1) is 9.04. The van der Waals surface area contributed by atoms with Crippen LogP contribution in [0.25, 0.3) is 0 Å². The Kier molecular flexibility index (Phi) is 5.43. The van der Waals surface area contributed by atoms with Gasteiger partial charge in [0.15, 0.2) is 0 Å². The van der Waals surface area contributed by atoms with Crippen LogP contribution in [0, 0.1) is 0 Å². The van der Waals surface area contributed by atoms with Crippen molar-refractivity contribution >= 4 is 22.4 Å². The summed E-state index contributed by atoms with van der Waals surface area (Å²) in [6.45, 7) is 2.18. The Labute approximate surface area is 123 Å². The molecule has 0 spiro atoms. The van der Waals surface area contributed by atoms with Gasteiger partial charge in [0.2, 0.25) is 0 Å². The van der Waals surface area contributed by atoms with E-state index in [4.69, 9.17) is 11.6 Å². The fraction of sp³-hybridized carbons (Fsp3) is 0.600. The average molecular weight is 300 g/mol. The number of rotatable bonds is 6. The Bertz CT molecular complexity index is 428. The van der Waals surface area contributed by atoms with E-state index < -0.39 is 10.8 Å². The summed E-state index contributed by atoms with van der Waals surface area (Å²) in [5.74, 6) is 1.46. The van der Waals surface area contributed by atoms with Crippen LogP contribution in [-0.2, 0) is 10.8 Å². The summed E-state index contributed by atoms with van der Waals surface area (Å²) < 4.78 is 11.1. The fourth-order valence-electron chi connectivity index (χ4n) is 2.59. The van der Waals surface area contributed by atoms with Gasteiger partial charge in [-0.2, -0.15) is 0 Å². The molecule has 0 bridgehead atoms. The zero-order valence-electron chi connectivity index (χ0n) is 11.6. The largest absolute Gasteiger partial charge is 0.311 e. The molecule has 19 heavy (non-hydrogen) atoms. The molecule has 1 N–H and O–H groups in total. The molecular formula is C15H22ClNOS. The molecule has 0 amide bonds. The third-order valence-electron chi connectivity index (χ3n) is 3.84. The van der Waals surface area contributed by atoms with E-state index in [1.807, 2.05) is 12.1 Å². The van der Waals surface area contributed by atoms with Gasteiger partial charge in [0.05, 0.1) is 0 Å². The molecule has 2 atom stereocenters. The number of halogens is 1. The van der Waals surface area contributed by atoms with Crippen molar-refractivity contribution in [2.45, 2.75) is 44.2 Å². The van der Waals surface area contributed by atoms with E-state index in [1.165, 1.54) is 18.4 Å². The van der Waals surface area contributed by atoms with Crippen molar-refractivity contribution in [3.63, 3.8) is 0 Å². The van der Waals surface area contributed by atoms with Crippen LogP contribution in [0.2, 0.25) is 5.02 Å². The molecular weight excluding hydrogens is 278 g/mol. The van der Waals surface area contributed by atoms with Crippen LogP contribution in [0.5, 0.6) is 0 Å². The molecule has 1 fully saturated rings. The maximum atomic E-state index is 11.1. The van der Waals surface area contributed by atoms with Gasteiger partial charge >= 0.3 is 0 Å². The Morgan fingerprint density at radius 3 is 2.58 bits per heavy atom. The van der Waals surface area contributed by atoms with E-state index in [0.717, 1.165) is 17.2 Å². The van der Waals surface area contributed by atoms with Crippen LogP contribution >= 0.6 is 11.6 Å². The van der Waals surface area contributed by atoms with E-state index in [9.17, 15) is 4.21 Å². The van der Waals surface area contributed by atoms with Gasteiger partial charge in [-0.25, -0.2) is 0 Å². The smallest absolute Gasteiger partial charge is 0.0406 e. The first-order valence-corrected chi connectivity index (χ1v) is 8.96. The highest BCUT2D eigenvalue weighted by molar-refractivity contribution is 7.84. The van der Waals surface area contributed by atoms with Gasteiger partial charge in [-0.1, -0.05) is 23.7 Å². The minimum absolute atomic E-state index is 0.458. The highest BCUT2D eigenvalue weighted by Crippen LogP contribution is 2.37. The molecule has 0 heterocycles. The first-order valence-electron chi connectivity index (χ1n) is 6.86. The quantitative estimate of drug-likeness (QED) is 0.873. The van der Waals surface area contributed by atoms with E-state index >= 15 is 0 Å². The lowest BCUT2D eigenvalue weighted by atomic mass is 9.75. The highest BCUT2D eigenvalue weighted by Gasteiger charge is 2.30. The van der Waals surface area contributed by atoms with E-state index in [-0.39, 0.29) is 0 Å². The minimum Gasteiger partial charge on any atom is -0.311 e. The van der Waals surface area contributed by atoms with Crippen molar-refractivity contribution in [3.8, 4) is 0 Å². The van der Waals surface area contributed by atoms with Crippen LogP contribution < -0.4 is 5.32 Å². The maximum Gasteiger partial charge on any atom is 0.0406 e. The van der Waals surface area contributed by atoms with Gasteiger partial charge in [0.25, 0.3) is 0 Å². The molecule has 1 aromatic carbocycles. The second kappa shape index (κ2) is 6.87. The number of benzene rings is 1. The number of hydrogen-bond donors (Lipinski definition) is 1. The lowest BCUT2D eigenvalue weighted by Gasteiger charge is -2.38. The van der Waals surface area contributed by atoms with Crippen molar-refractivity contribution in [1.29, 1.82) is 0 Å². The zero-order valence-corrected chi connectivity index (χ0v) is 13.1. The molecule has 0 aromatic heterocycles. The predicted octanol–water partition coefficient (Wildman–Crippen LogP) is 3.33. The molecule has 1 saturated carbocycles. The standard InChI is InChI=1S/C15H22ClNOS/c1-11(7-8-19(2)18)17-15-9-13(10-15)12-3-5-14(16)6-4-12/h3-6,11,13,15,17H,7-10H2,1-2H3. The topological polar surface area (TPSA) is 29.1 Å². The molecule has 4 heteroatoms. The molecule has 1 aliphatic carbocycles. The second-order valence-corrected chi connectivity index (χ2v) is 7.54. The molecule has 0 aliphatic heterocycles. The predicted molar refractivity (Wildman–Crippen MR) is 83.4 cm³/mol. The number of nitrogens with one attached hydrogen (secondary N) is 1. The third kappa shape index (κ3) is 4.59. The second-order valence-electron chi connectivity index (χ2n) is 5.55. The maximum absolute atomic E-state index is 11.1. The average Bonchev–Trinajstić information content (AvgIpc) is 2.32. The molecule has 0 radical (unpaired) electrons. The zero-order chi connectivity index (χ0) is 13.8. The monoisotopic (exact) mass is 299 g/mol. The summed E-state index contributed by atoms with van der Waals surface area (Å²) in [5, 5.41) is 4.43. The van der Waals surface area contributed by atoms with Crippen LogP contribution in [0.1, 0.15) is 37.7 Å². The summed E-state index contributed by atoms with van der Waals surface area (Å²) in [7, 11) is -0.676. The third-order valence-corrected chi connectivity index (χ3v) is 4.90. The Hall–Kier alpha value is -0.380. The highest BCUT2D eigenvalue weighted by atomic mass is 35.5. The van der Waals surface area contributed by atoms with E-state index in [1.54, 1.807) is 6.26 Å². The molecule has 1 aliphatic rings. The molecule has 0 saturated heterocycles. The normalized spacial score (nSPS) is 25.6. The molecule has 2 unspecified atom stereocenters. The Morgan fingerprint density at radius 1 is 1.37 bits per heavy atom. The van der Waals surface area contributed by atoms with Crippen molar-refractivity contribution in [1.82, 2.24) is 5.32 Å². The molecule has 2 nitrogen and oxygen atoms in total. The van der Waals surface area contributed by atoms with Gasteiger partial charge in [0.1, 0.15) is 0 Å². The van der Waals surface area contributed by atoms with Crippen LogP contribution in [0.4, 0.5) is 0 Å². The van der Waals surface area contributed by atoms with Gasteiger partial charge < -0.3 is 5.32 Å². The van der Waals surface area contributed by atoms with Crippen LogP contribution in [-0.4, -0.2) is 28.3 Å². The van der Waals surface area contributed by atoms with Gasteiger partial charge in [0, 0.05) is 39.9 Å². The van der Waals surface area contributed by atoms with Crippen molar-refractivity contribution < 1.29 is 4.21 Å². The molecule has 2 rings (SSSR count). The lowest BCUT2D eigenvalue weighted by molar-refractivity contribution is 0.268. The number of hydrogen-bond acceptors (Lipinski definition) is 2. The van der Waals surface area contributed by atoms with Gasteiger partial charge in [-0.05, 0) is 49.8 Å². The SMILES string of the molecule is CC(CCS(C)=O)NC1CC(c2ccc(Cl)cc2)C1. The lowest BCUT2D eigenvalue weighted by Crippen LogP contribution is -2.44. The first kappa shape index (κ1) is 15.0. The van der Waals surface area contributed by atoms with Crippen molar-refractivity contribution in [2.24, 2.45) is 0 Å². The molecule has 1 aromatic rings. The molecule has 106 valence electrons. The van der Waals surface area contributed by atoms with Crippen LogP contribution in [0.3, 0.4) is 0 Å². The van der Waals surface area contributed by atoms with Crippen LogP contribution in [0.15, 0.2) is 24.3 Å². The minimum atomic E-state index is -0.676. The van der Waals surface area contributed by atoms with Crippen molar-refractivity contribution in [2.75, 3.05) is 12.0 Å². The summed E-state index contributed by atoms with van der Waals surface area (Å²) in [6.07, 6.45) is 5.15. The van der Waals surface area contributed by atoms with E-state index in [0.29, 0.717) is 18.0 Å². The van der Waals surface area contributed by atoms with Crippen molar-refractivity contribution in [3.05, 3.63) is 34.9 Å². The summed E-state index contributed by atoms with van der Waals surface area (Å²) in [6, 6.07) is 9.27.